The van der Waals surface area contributed by atoms with E-state index in [1.54, 1.807) is 0 Å². The van der Waals surface area contributed by atoms with E-state index in [4.69, 9.17) is 10.5 Å². The van der Waals surface area contributed by atoms with Crippen LogP contribution in [0.4, 0.5) is 0 Å². The molecule has 0 atom stereocenters. The number of aromatic nitrogens is 1. The lowest BCUT2D eigenvalue weighted by atomic mass is 10.0. The fraction of sp³-hybridized carbons (Fsp3) is 0.167. The third kappa shape index (κ3) is 4.27. The molecule has 5 rings (SSSR count). The summed E-state index contributed by atoms with van der Waals surface area (Å²) in [7, 11) is 0. The average molecular weight is 449 g/mol. The van der Waals surface area contributed by atoms with Gasteiger partial charge in [-0.1, -0.05) is 74.0 Å². The Kier molecular flexibility index (Phi) is 6.05. The predicted molar refractivity (Wildman–Crippen MR) is 138 cm³/mol. The van der Waals surface area contributed by atoms with Gasteiger partial charge in [-0.05, 0) is 53.4 Å². The second kappa shape index (κ2) is 9.44. The molecule has 0 unspecified atom stereocenters. The van der Waals surface area contributed by atoms with E-state index < -0.39 is 5.91 Å². The quantitative estimate of drug-likeness (QED) is 0.296. The van der Waals surface area contributed by atoms with E-state index in [0.29, 0.717) is 18.7 Å². The van der Waals surface area contributed by atoms with Crippen LogP contribution < -0.4 is 10.5 Å². The first-order valence-corrected chi connectivity index (χ1v) is 11.7. The first kappa shape index (κ1) is 21.8. The third-order valence-corrected chi connectivity index (χ3v) is 6.25. The molecule has 170 valence electrons. The summed E-state index contributed by atoms with van der Waals surface area (Å²) in [5.41, 5.74) is 12.0. The second-order valence-electron chi connectivity index (χ2n) is 8.67. The maximum Gasteiger partial charge on any atom is 0.249 e. The average Bonchev–Trinajstić information content (AvgIpc) is 3.17. The van der Waals surface area contributed by atoms with Crippen molar-refractivity contribution in [1.82, 2.24) is 4.57 Å². The summed E-state index contributed by atoms with van der Waals surface area (Å²) in [6.07, 6.45) is 2.10. The minimum absolute atomic E-state index is 0.404. The highest BCUT2D eigenvalue weighted by molar-refractivity contribution is 6.18. The Morgan fingerprint density at radius 2 is 1.62 bits per heavy atom. The largest absolute Gasteiger partial charge is 0.489 e. The molecular formula is C30H28N2O2. The SMILES string of the molecule is CCCc1ccc2c3c(C(N)=O)cccc3n(Cc3cccc(OCc4ccccc4)c3)c2c1. The second-order valence-corrected chi connectivity index (χ2v) is 8.67. The van der Waals surface area contributed by atoms with E-state index in [-0.39, 0.29) is 0 Å². The van der Waals surface area contributed by atoms with Crippen LogP contribution in [-0.4, -0.2) is 10.5 Å². The van der Waals surface area contributed by atoms with Gasteiger partial charge in [0.15, 0.2) is 0 Å². The van der Waals surface area contributed by atoms with Gasteiger partial charge in [-0.3, -0.25) is 4.79 Å². The van der Waals surface area contributed by atoms with E-state index >= 15 is 0 Å². The van der Waals surface area contributed by atoms with Gasteiger partial charge >= 0.3 is 0 Å². The van der Waals surface area contributed by atoms with Crippen molar-refractivity contribution in [3.05, 3.63) is 113 Å². The van der Waals surface area contributed by atoms with Crippen molar-refractivity contribution in [1.29, 1.82) is 0 Å². The lowest BCUT2D eigenvalue weighted by Crippen LogP contribution is -2.11. The van der Waals surface area contributed by atoms with Crippen LogP contribution in [0.5, 0.6) is 5.75 Å². The van der Waals surface area contributed by atoms with E-state index in [1.807, 2.05) is 42.5 Å². The first-order valence-electron chi connectivity index (χ1n) is 11.7. The number of hydrogen-bond acceptors (Lipinski definition) is 2. The minimum Gasteiger partial charge on any atom is -0.489 e. The molecule has 4 nitrogen and oxygen atoms in total. The number of carbonyl (C=O) groups excluding carboxylic acids is 1. The molecule has 0 radical (unpaired) electrons. The molecular weight excluding hydrogens is 420 g/mol. The normalized spacial score (nSPS) is 11.2. The Morgan fingerprint density at radius 3 is 2.41 bits per heavy atom. The van der Waals surface area contributed by atoms with Crippen LogP contribution in [0.2, 0.25) is 0 Å². The van der Waals surface area contributed by atoms with Crippen LogP contribution in [0.25, 0.3) is 21.8 Å². The number of primary amides is 1. The van der Waals surface area contributed by atoms with Gasteiger partial charge in [0.05, 0.1) is 5.52 Å². The Morgan fingerprint density at radius 1 is 0.824 bits per heavy atom. The highest BCUT2D eigenvalue weighted by Gasteiger charge is 2.17. The van der Waals surface area contributed by atoms with Crippen molar-refractivity contribution in [3.8, 4) is 5.75 Å². The topological polar surface area (TPSA) is 57.2 Å². The molecule has 0 saturated carbocycles. The summed E-state index contributed by atoms with van der Waals surface area (Å²) >= 11 is 0. The molecule has 0 fully saturated rings. The van der Waals surface area contributed by atoms with Gasteiger partial charge in [0.2, 0.25) is 5.91 Å². The number of nitrogens with zero attached hydrogens (tertiary/aromatic N) is 1. The van der Waals surface area contributed by atoms with Gasteiger partial charge in [0.1, 0.15) is 12.4 Å². The summed E-state index contributed by atoms with van der Waals surface area (Å²) in [4.78, 5) is 12.2. The van der Waals surface area contributed by atoms with Crippen LogP contribution in [-0.2, 0) is 19.6 Å². The number of ether oxygens (including phenoxy) is 1. The number of hydrogen-bond donors (Lipinski definition) is 1. The molecule has 0 aliphatic rings. The third-order valence-electron chi connectivity index (χ3n) is 6.25. The summed E-state index contributed by atoms with van der Waals surface area (Å²) < 4.78 is 8.34. The number of amides is 1. The van der Waals surface area contributed by atoms with E-state index in [2.05, 4.69) is 60.0 Å². The highest BCUT2D eigenvalue weighted by Crippen LogP contribution is 2.33. The lowest BCUT2D eigenvalue weighted by molar-refractivity contribution is 0.100. The molecule has 0 bridgehead atoms. The van der Waals surface area contributed by atoms with Crippen molar-refractivity contribution in [2.24, 2.45) is 5.73 Å². The number of fused-ring (bicyclic) bond motifs is 3. The summed E-state index contributed by atoms with van der Waals surface area (Å²) in [5, 5.41) is 1.98. The van der Waals surface area contributed by atoms with Gasteiger partial charge in [0.25, 0.3) is 0 Å². The van der Waals surface area contributed by atoms with E-state index in [1.165, 1.54) is 5.56 Å². The smallest absolute Gasteiger partial charge is 0.249 e. The zero-order chi connectivity index (χ0) is 23.5. The van der Waals surface area contributed by atoms with Crippen molar-refractivity contribution in [2.75, 3.05) is 0 Å². The molecule has 34 heavy (non-hydrogen) atoms. The van der Waals surface area contributed by atoms with Gasteiger partial charge in [-0.25, -0.2) is 0 Å². The molecule has 0 saturated heterocycles. The molecule has 1 heterocycles. The lowest BCUT2D eigenvalue weighted by Gasteiger charge is -2.11. The van der Waals surface area contributed by atoms with Crippen LogP contribution in [0.1, 0.15) is 40.4 Å². The molecule has 4 heteroatoms. The number of rotatable bonds is 8. The first-order chi connectivity index (χ1) is 16.6. The standard InChI is InChI=1S/C30H28N2O2/c1-2-8-21-15-16-25-28(18-21)32(27-14-7-13-26(29(25)27)30(31)33)19-23-11-6-12-24(17-23)34-20-22-9-4-3-5-10-22/h3-7,9-18H,2,8,19-20H2,1H3,(H2,31,33). The van der Waals surface area contributed by atoms with Crippen molar-refractivity contribution in [2.45, 2.75) is 32.9 Å². The molecule has 5 aromatic rings. The Balaban J connectivity index is 1.55. The molecule has 0 aliphatic heterocycles. The monoisotopic (exact) mass is 448 g/mol. The molecule has 2 N–H and O–H groups in total. The molecule has 0 spiro atoms. The van der Waals surface area contributed by atoms with Crippen molar-refractivity contribution >= 4 is 27.7 Å². The zero-order valence-corrected chi connectivity index (χ0v) is 19.3. The van der Waals surface area contributed by atoms with Crippen molar-refractivity contribution < 1.29 is 9.53 Å². The zero-order valence-electron chi connectivity index (χ0n) is 19.3. The van der Waals surface area contributed by atoms with Crippen LogP contribution in [0, 0.1) is 0 Å². The molecule has 4 aromatic carbocycles. The van der Waals surface area contributed by atoms with Crippen LogP contribution >= 0.6 is 0 Å². The number of benzene rings is 4. The molecule has 0 aliphatic carbocycles. The minimum atomic E-state index is -0.404. The number of aryl methyl sites for hydroxylation is 1. The van der Waals surface area contributed by atoms with Crippen molar-refractivity contribution in [3.63, 3.8) is 0 Å². The van der Waals surface area contributed by atoms with E-state index in [0.717, 1.165) is 51.5 Å². The highest BCUT2D eigenvalue weighted by atomic mass is 16.5. The van der Waals surface area contributed by atoms with Gasteiger partial charge in [0, 0.05) is 28.4 Å². The Bertz CT molecular complexity index is 1470. The van der Waals surface area contributed by atoms with Gasteiger partial charge in [-0.15, -0.1) is 0 Å². The van der Waals surface area contributed by atoms with Gasteiger partial charge < -0.3 is 15.0 Å². The summed E-state index contributed by atoms with van der Waals surface area (Å²) in [6, 6.07) is 30.7. The molecule has 1 aromatic heterocycles. The Labute approximate surface area is 199 Å². The predicted octanol–water partition coefficient (Wildman–Crippen LogP) is 6.47. The Hall–Kier alpha value is -4.05. The number of carbonyl (C=O) groups is 1. The van der Waals surface area contributed by atoms with Crippen LogP contribution in [0.3, 0.4) is 0 Å². The fourth-order valence-corrected chi connectivity index (χ4v) is 4.67. The summed E-state index contributed by atoms with van der Waals surface area (Å²) in [6.45, 7) is 3.38. The van der Waals surface area contributed by atoms with Crippen LogP contribution in [0.15, 0.2) is 91.0 Å². The maximum absolute atomic E-state index is 12.2. The maximum atomic E-state index is 12.2. The molecule has 1 amide bonds. The fourth-order valence-electron chi connectivity index (χ4n) is 4.67. The van der Waals surface area contributed by atoms with E-state index in [9.17, 15) is 4.79 Å². The summed E-state index contributed by atoms with van der Waals surface area (Å²) in [5.74, 6) is 0.435. The number of nitrogens with two attached hydrogens (primary N) is 1. The van der Waals surface area contributed by atoms with Gasteiger partial charge in [-0.2, -0.15) is 0 Å².